The average Bonchev–Trinajstić information content (AvgIpc) is 3.35. The molecular weight excluding hydrogens is 448 g/mol. The molecule has 166 valence electrons. The number of thiazole rings is 1. The summed E-state index contributed by atoms with van der Waals surface area (Å²) in [5.74, 6) is 1.63. The number of carbonyl (C=O) groups excluding carboxylic acids is 1. The molecule has 0 saturated heterocycles. The number of nitrogens with zero attached hydrogens (tertiary/aromatic N) is 3. The molecule has 0 aliphatic heterocycles. The van der Waals surface area contributed by atoms with Gasteiger partial charge in [-0.05, 0) is 55.7 Å². The molecule has 2 aromatic heterocycles. The third-order valence-corrected chi connectivity index (χ3v) is 6.35. The molecule has 0 spiro atoms. The van der Waals surface area contributed by atoms with Gasteiger partial charge in [0.05, 0.1) is 19.4 Å². The minimum absolute atomic E-state index is 0.158. The summed E-state index contributed by atoms with van der Waals surface area (Å²) in [4.78, 5) is 17.4. The molecule has 0 saturated carbocycles. The number of anilines is 1. The van der Waals surface area contributed by atoms with Crippen molar-refractivity contribution in [3.05, 3.63) is 57.9 Å². The molecule has 4 rings (SSSR count). The van der Waals surface area contributed by atoms with Gasteiger partial charge in [0.15, 0.2) is 0 Å². The maximum Gasteiger partial charge on any atom is 0.250 e. The number of benzene rings is 2. The Bertz CT molecular complexity index is 1240. The number of fused-ring (bicyclic) bond motifs is 1. The van der Waals surface area contributed by atoms with Crippen molar-refractivity contribution < 1.29 is 14.3 Å². The summed E-state index contributed by atoms with van der Waals surface area (Å²) in [5, 5.41) is 9.94. The second kappa shape index (κ2) is 9.58. The molecule has 4 aromatic rings. The van der Waals surface area contributed by atoms with Gasteiger partial charge in [0.2, 0.25) is 16.8 Å². The number of methoxy groups -OCH3 is 1. The zero-order valence-electron chi connectivity index (χ0n) is 18.0. The van der Waals surface area contributed by atoms with E-state index >= 15 is 0 Å². The smallest absolute Gasteiger partial charge is 0.250 e. The van der Waals surface area contributed by atoms with Crippen molar-refractivity contribution in [3.8, 4) is 22.8 Å². The summed E-state index contributed by atoms with van der Waals surface area (Å²) < 4.78 is 12.9. The van der Waals surface area contributed by atoms with Gasteiger partial charge in [-0.1, -0.05) is 23.7 Å². The van der Waals surface area contributed by atoms with Gasteiger partial charge in [-0.25, -0.2) is 4.52 Å². The number of hydrogen-bond donors (Lipinski definition) is 1. The average molecular weight is 471 g/mol. The molecule has 0 radical (unpaired) electrons. The van der Waals surface area contributed by atoms with Gasteiger partial charge >= 0.3 is 0 Å². The number of para-hydroxylation sites is 1. The largest absolute Gasteiger partial charge is 0.496 e. The molecule has 9 heteroatoms. The number of halogens is 1. The van der Waals surface area contributed by atoms with Crippen molar-refractivity contribution in [3.63, 3.8) is 0 Å². The Morgan fingerprint density at radius 2 is 1.97 bits per heavy atom. The first kappa shape index (κ1) is 22.1. The van der Waals surface area contributed by atoms with E-state index in [0.717, 1.165) is 38.9 Å². The normalized spacial score (nSPS) is 11.0. The van der Waals surface area contributed by atoms with Crippen LogP contribution < -0.4 is 14.8 Å². The third kappa shape index (κ3) is 4.71. The van der Waals surface area contributed by atoms with Crippen LogP contribution in [0.15, 0.2) is 41.8 Å². The highest BCUT2D eigenvalue weighted by Gasteiger charge is 2.15. The SMILES string of the molecule is COc1ccccc1-c1csc2nc(NC(=O)CCCOc3cc(C)c(Cl)c(C)c3)nn12. The summed E-state index contributed by atoms with van der Waals surface area (Å²) in [7, 11) is 1.63. The molecule has 1 amide bonds. The van der Waals surface area contributed by atoms with Crippen LogP contribution in [0.2, 0.25) is 5.02 Å². The van der Waals surface area contributed by atoms with Crippen LogP contribution in [0.3, 0.4) is 0 Å². The van der Waals surface area contributed by atoms with Crippen LogP contribution in [0.5, 0.6) is 11.5 Å². The number of hydrogen-bond acceptors (Lipinski definition) is 6. The molecule has 1 N–H and O–H groups in total. The summed E-state index contributed by atoms with van der Waals surface area (Å²) in [6.45, 7) is 4.31. The van der Waals surface area contributed by atoms with Crippen molar-refractivity contribution >= 4 is 39.8 Å². The van der Waals surface area contributed by atoms with Gasteiger partial charge < -0.3 is 9.47 Å². The van der Waals surface area contributed by atoms with E-state index in [1.54, 1.807) is 11.6 Å². The maximum atomic E-state index is 12.3. The zero-order chi connectivity index (χ0) is 22.7. The maximum absolute atomic E-state index is 12.3. The van der Waals surface area contributed by atoms with E-state index in [1.807, 2.05) is 55.6 Å². The van der Waals surface area contributed by atoms with E-state index < -0.39 is 0 Å². The molecule has 7 nitrogen and oxygen atoms in total. The van der Waals surface area contributed by atoms with Crippen LogP contribution >= 0.6 is 22.9 Å². The number of nitrogens with one attached hydrogen (secondary N) is 1. The Kier molecular flexibility index (Phi) is 6.62. The van der Waals surface area contributed by atoms with E-state index in [0.29, 0.717) is 24.4 Å². The third-order valence-electron chi connectivity index (χ3n) is 4.94. The van der Waals surface area contributed by atoms with Crippen molar-refractivity contribution in [2.24, 2.45) is 0 Å². The highest BCUT2D eigenvalue weighted by atomic mass is 35.5. The Morgan fingerprint density at radius 3 is 2.72 bits per heavy atom. The predicted octanol–water partition coefficient (Wildman–Crippen LogP) is 5.53. The molecule has 0 bridgehead atoms. The number of ether oxygens (including phenoxy) is 2. The topological polar surface area (TPSA) is 77.8 Å². The Morgan fingerprint density at radius 1 is 1.22 bits per heavy atom. The van der Waals surface area contributed by atoms with Crippen molar-refractivity contribution in [1.29, 1.82) is 0 Å². The van der Waals surface area contributed by atoms with Gasteiger partial charge in [-0.3, -0.25) is 10.1 Å². The second-order valence-corrected chi connectivity index (χ2v) is 8.54. The molecule has 0 aliphatic carbocycles. The summed E-state index contributed by atoms with van der Waals surface area (Å²) >= 11 is 7.63. The lowest BCUT2D eigenvalue weighted by atomic mass is 10.1. The number of carbonyl (C=O) groups is 1. The molecule has 0 atom stereocenters. The van der Waals surface area contributed by atoms with E-state index in [2.05, 4.69) is 15.4 Å². The van der Waals surface area contributed by atoms with Crippen LogP contribution in [0, 0.1) is 13.8 Å². The zero-order valence-corrected chi connectivity index (χ0v) is 19.6. The fourth-order valence-electron chi connectivity index (χ4n) is 3.38. The van der Waals surface area contributed by atoms with Crippen molar-refractivity contribution in [1.82, 2.24) is 14.6 Å². The lowest BCUT2D eigenvalue weighted by Gasteiger charge is -2.09. The number of amides is 1. The highest BCUT2D eigenvalue weighted by Crippen LogP contribution is 2.32. The lowest BCUT2D eigenvalue weighted by Crippen LogP contribution is -2.14. The van der Waals surface area contributed by atoms with Crippen molar-refractivity contribution in [2.75, 3.05) is 19.0 Å². The van der Waals surface area contributed by atoms with E-state index in [1.165, 1.54) is 11.3 Å². The first-order chi connectivity index (χ1) is 15.5. The minimum atomic E-state index is -0.158. The lowest BCUT2D eigenvalue weighted by molar-refractivity contribution is -0.116. The van der Waals surface area contributed by atoms with Crippen LogP contribution in [-0.4, -0.2) is 34.2 Å². The standard InChI is InChI=1S/C23H23ClN4O3S/c1-14-11-16(12-15(2)21(14)24)31-10-6-9-20(29)25-22-26-23-28(27-22)18(13-32-23)17-7-4-5-8-19(17)30-3/h4-5,7-8,11-13H,6,9-10H2,1-3H3,(H,25,27,29). The first-order valence-electron chi connectivity index (χ1n) is 10.1. The fourth-order valence-corrected chi connectivity index (χ4v) is 4.31. The summed E-state index contributed by atoms with van der Waals surface area (Å²) in [5.41, 5.74) is 3.71. The minimum Gasteiger partial charge on any atom is -0.496 e. The quantitative estimate of drug-likeness (QED) is 0.342. The molecule has 32 heavy (non-hydrogen) atoms. The highest BCUT2D eigenvalue weighted by molar-refractivity contribution is 7.15. The van der Waals surface area contributed by atoms with Gasteiger partial charge in [0.1, 0.15) is 11.5 Å². The molecule has 2 heterocycles. The van der Waals surface area contributed by atoms with Crippen LogP contribution in [-0.2, 0) is 4.79 Å². The first-order valence-corrected chi connectivity index (χ1v) is 11.4. The van der Waals surface area contributed by atoms with E-state index in [9.17, 15) is 4.79 Å². The predicted molar refractivity (Wildman–Crippen MR) is 127 cm³/mol. The van der Waals surface area contributed by atoms with Crippen LogP contribution in [0.4, 0.5) is 5.95 Å². The van der Waals surface area contributed by atoms with Crippen LogP contribution in [0.1, 0.15) is 24.0 Å². The van der Waals surface area contributed by atoms with E-state index in [-0.39, 0.29) is 11.9 Å². The summed E-state index contributed by atoms with van der Waals surface area (Å²) in [6.07, 6.45) is 0.874. The number of rotatable bonds is 8. The number of aromatic nitrogens is 3. The summed E-state index contributed by atoms with van der Waals surface area (Å²) in [6, 6.07) is 11.5. The molecular formula is C23H23ClN4O3S. The molecule has 2 aromatic carbocycles. The van der Waals surface area contributed by atoms with Crippen molar-refractivity contribution in [2.45, 2.75) is 26.7 Å². The van der Waals surface area contributed by atoms with Gasteiger partial charge in [0.25, 0.3) is 0 Å². The second-order valence-electron chi connectivity index (χ2n) is 7.32. The van der Waals surface area contributed by atoms with Gasteiger partial charge in [0, 0.05) is 22.4 Å². The Hall–Kier alpha value is -3.10. The molecule has 0 unspecified atom stereocenters. The Labute approximate surface area is 195 Å². The molecule has 0 fully saturated rings. The monoisotopic (exact) mass is 470 g/mol. The fraction of sp³-hybridized carbons (Fsp3) is 0.261. The van der Waals surface area contributed by atoms with E-state index in [4.69, 9.17) is 21.1 Å². The van der Waals surface area contributed by atoms with Crippen LogP contribution in [0.25, 0.3) is 16.2 Å². The van der Waals surface area contributed by atoms with Gasteiger partial charge in [-0.2, -0.15) is 4.98 Å². The number of aryl methyl sites for hydroxylation is 2. The Balaban J connectivity index is 1.35. The molecule has 0 aliphatic rings. The van der Waals surface area contributed by atoms with Gasteiger partial charge in [-0.15, -0.1) is 16.4 Å².